The number of benzene rings is 2. The molecule has 108 valence electrons. The fourth-order valence-corrected chi connectivity index (χ4v) is 2.30. The van der Waals surface area contributed by atoms with Gasteiger partial charge in [0.2, 0.25) is 0 Å². The monoisotopic (exact) mass is 351 g/mol. The lowest BCUT2D eigenvalue weighted by Gasteiger charge is -2.09. The van der Waals surface area contributed by atoms with Gasteiger partial charge < -0.3 is 9.84 Å². The number of carboxylic acids is 1. The average molecular weight is 352 g/mol. The summed E-state index contributed by atoms with van der Waals surface area (Å²) in [6.07, 6.45) is 0. The summed E-state index contributed by atoms with van der Waals surface area (Å²) < 4.78 is 6.25. The summed E-state index contributed by atoms with van der Waals surface area (Å²) in [6.45, 7) is 1.92. The van der Waals surface area contributed by atoms with E-state index in [1.165, 1.54) is 6.07 Å². The van der Waals surface area contributed by atoms with Crippen LogP contribution in [0.25, 0.3) is 0 Å². The second-order valence-electron chi connectivity index (χ2n) is 4.28. The van der Waals surface area contributed by atoms with Crippen molar-refractivity contribution in [3.05, 3.63) is 62.1 Å². The van der Waals surface area contributed by atoms with Gasteiger partial charge in [0.15, 0.2) is 0 Å². The normalized spacial score (nSPS) is 10.2. The number of aromatic carboxylic acids is 1. The number of carboxylic acid groups (broad SMARTS) is 1. The Balaban J connectivity index is 2.39. The first-order chi connectivity index (χ1) is 9.88. The van der Waals surface area contributed by atoms with E-state index >= 15 is 0 Å². The van der Waals surface area contributed by atoms with Crippen molar-refractivity contribution in [2.75, 3.05) is 0 Å². The van der Waals surface area contributed by atoms with E-state index in [9.17, 15) is 14.9 Å². The van der Waals surface area contributed by atoms with Crippen LogP contribution in [-0.4, -0.2) is 16.0 Å². The SMILES string of the molecule is Cc1ccc(Oc2ccc(C(=O)O)c([N+](=O)[O-])c2)c(Br)c1. The van der Waals surface area contributed by atoms with Crippen molar-refractivity contribution < 1.29 is 19.6 Å². The van der Waals surface area contributed by atoms with Crippen LogP contribution in [0, 0.1) is 17.0 Å². The van der Waals surface area contributed by atoms with Gasteiger partial charge in [-0.2, -0.15) is 0 Å². The summed E-state index contributed by atoms with van der Waals surface area (Å²) in [6, 6.07) is 9.02. The summed E-state index contributed by atoms with van der Waals surface area (Å²) in [5.41, 5.74) is 0.139. The molecule has 6 nitrogen and oxygen atoms in total. The molecular weight excluding hydrogens is 342 g/mol. The summed E-state index contributed by atoms with van der Waals surface area (Å²) in [5, 5.41) is 19.8. The first-order valence-electron chi connectivity index (χ1n) is 5.84. The molecular formula is C14H10BrNO5. The van der Waals surface area contributed by atoms with Gasteiger partial charge >= 0.3 is 5.97 Å². The molecule has 21 heavy (non-hydrogen) atoms. The highest BCUT2D eigenvalue weighted by Crippen LogP contribution is 2.33. The Morgan fingerprint density at radius 3 is 2.57 bits per heavy atom. The lowest BCUT2D eigenvalue weighted by molar-refractivity contribution is -0.385. The Morgan fingerprint density at radius 1 is 1.29 bits per heavy atom. The number of halogens is 1. The lowest BCUT2D eigenvalue weighted by atomic mass is 10.1. The molecule has 2 aromatic rings. The van der Waals surface area contributed by atoms with E-state index in [1.807, 2.05) is 19.1 Å². The molecule has 2 rings (SSSR count). The molecule has 1 N–H and O–H groups in total. The Labute approximate surface area is 128 Å². The number of carbonyl (C=O) groups is 1. The van der Waals surface area contributed by atoms with E-state index in [1.54, 1.807) is 6.07 Å². The highest BCUT2D eigenvalue weighted by Gasteiger charge is 2.20. The van der Waals surface area contributed by atoms with E-state index in [2.05, 4.69) is 15.9 Å². The molecule has 0 aliphatic heterocycles. The first-order valence-corrected chi connectivity index (χ1v) is 6.63. The molecule has 7 heteroatoms. The van der Waals surface area contributed by atoms with Crippen molar-refractivity contribution in [3.63, 3.8) is 0 Å². The predicted molar refractivity (Wildman–Crippen MR) is 79.0 cm³/mol. The molecule has 0 unspecified atom stereocenters. The molecule has 0 radical (unpaired) electrons. The number of ether oxygens (including phenoxy) is 1. The maximum Gasteiger partial charge on any atom is 0.342 e. The lowest BCUT2D eigenvalue weighted by Crippen LogP contribution is -2.02. The van der Waals surface area contributed by atoms with Gasteiger partial charge in [-0.15, -0.1) is 0 Å². The van der Waals surface area contributed by atoms with E-state index in [0.717, 1.165) is 17.7 Å². The van der Waals surface area contributed by atoms with Crippen LogP contribution in [0.4, 0.5) is 5.69 Å². The zero-order valence-electron chi connectivity index (χ0n) is 10.9. The van der Waals surface area contributed by atoms with Crippen molar-refractivity contribution in [3.8, 4) is 11.5 Å². The molecule has 0 heterocycles. The summed E-state index contributed by atoms with van der Waals surface area (Å²) in [7, 11) is 0. The maximum absolute atomic E-state index is 10.9. The Hall–Kier alpha value is -2.41. The number of hydrogen-bond donors (Lipinski definition) is 1. The topological polar surface area (TPSA) is 89.7 Å². The average Bonchev–Trinajstić information content (AvgIpc) is 2.41. The van der Waals surface area contributed by atoms with Crippen LogP contribution in [0.15, 0.2) is 40.9 Å². The summed E-state index contributed by atoms with van der Waals surface area (Å²) >= 11 is 3.34. The summed E-state index contributed by atoms with van der Waals surface area (Å²) in [5.74, 6) is -0.681. The van der Waals surface area contributed by atoms with E-state index in [4.69, 9.17) is 9.84 Å². The molecule has 0 aromatic heterocycles. The van der Waals surface area contributed by atoms with Gasteiger partial charge in [-0.25, -0.2) is 4.79 Å². The molecule has 2 aromatic carbocycles. The largest absolute Gasteiger partial charge is 0.477 e. The molecule has 0 bridgehead atoms. The molecule has 0 fully saturated rings. The van der Waals surface area contributed by atoms with Crippen molar-refractivity contribution >= 4 is 27.6 Å². The van der Waals surface area contributed by atoms with E-state index < -0.39 is 16.6 Å². The molecule has 0 saturated carbocycles. The third-order valence-electron chi connectivity index (χ3n) is 2.71. The Kier molecular flexibility index (Phi) is 4.23. The second kappa shape index (κ2) is 5.92. The van der Waals surface area contributed by atoms with Crippen LogP contribution in [0.1, 0.15) is 15.9 Å². The van der Waals surface area contributed by atoms with Crippen LogP contribution in [0.3, 0.4) is 0 Å². The van der Waals surface area contributed by atoms with Gasteiger partial charge in [-0.05, 0) is 52.7 Å². The minimum absolute atomic E-state index is 0.191. The Bertz CT molecular complexity index is 729. The van der Waals surface area contributed by atoms with Gasteiger partial charge in [0, 0.05) is 0 Å². The van der Waals surface area contributed by atoms with Crippen molar-refractivity contribution in [1.82, 2.24) is 0 Å². The molecule has 0 spiro atoms. The van der Waals surface area contributed by atoms with E-state index in [0.29, 0.717) is 10.2 Å². The molecule has 0 aliphatic carbocycles. The second-order valence-corrected chi connectivity index (χ2v) is 5.13. The fraction of sp³-hybridized carbons (Fsp3) is 0.0714. The number of nitro groups is 1. The fourth-order valence-electron chi connectivity index (χ4n) is 1.72. The predicted octanol–water partition coefficient (Wildman–Crippen LogP) is 4.16. The minimum Gasteiger partial charge on any atom is -0.477 e. The zero-order chi connectivity index (χ0) is 15.6. The van der Waals surface area contributed by atoms with E-state index in [-0.39, 0.29) is 11.3 Å². The molecule has 0 atom stereocenters. The summed E-state index contributed by atoms with van der Waals surface area (Å²) in [4.78, 5) is 21.1. The molecule has 0 amide bonds. The number of nitro benzene ring substituents is 1. The quantitative estimate of drug-likeness (QED) is 0.659. The van der Waals surface area contributed by atoms with Crippen molar-refractivity contribution in [2.24, 2.45) is 0 Å². The smallest absolute Gasteiger partial charge is 0.342 e. The third kappa shape index (κ3) is 3.38. The standard InChI is InChI=1S/C14H10BrNO5/c1-8-2-5-13(11(15)6-8)21-9-3-4-10(14(17)18)12(7-9)16(19)20/h2-7H,1H3,(H,17,18). The van der Waals surface area contributed by atoms with Crippen LogP contribution < -0.4 is 4.74 Å². The highest BCUT2D eigenvalue weighted by molar-refractivity contribution is 9.10. The highest BCUT2D eigenvalue weighted by atomic mass is 79.9. The van der Waals surface area contributed by atoms with Gasteiger partial charge in [0.1, 0.15) is 17.1 Å². The number of aryl methyl sites for hydroxylation is 1. The number of hydrogen-bond acceptors (Lipinski definition) is 4. The first kappa shape index (κ1) is 15.0. The van der Waals surface area contributed by atoms with Gasteiger partial charge in [-0.1, -0.05) is 6.07 Å². The van der Waals surface area contributed by atoms with Gasteiger partial charge in [-0.3, -0.25) is 10.1 Å². The van der Waals surface area contributed by atoms with Gasteiger partial charge in [0.25, 0.3) is 5.69 Å². The molecule has 0 aliphatic rings. The maximum atomic E-state index is 10.9. The van der Waals surface area contributed by atoms with Crippen LogP contribution >= 0.6 is 15.9 Å². The van der Waals surface area contributed by atoms with Gasteiger partial charge in [0.05, 0.1) is 15.5 Å². The third-order valence-corrected chi connectivity index (χ3v) is 3.33. The van der Waals surface area contributed by atoms with Crippen LogP contribution in [0.2, 0.25) is 0 Å². The van der Waals surface area contributed by atoms with Crippen molar-refractivity contribution in [1.29, 1.82) is 0 Å². The number of rotatable bonds is 4. The zero-order valence-corrected chi connectivity index (χ0v) is 12.5. The van der Waals surface area contributed by atoms with Crippen LogP contribution in [-0.2, 0) is 0 Å². The van der Waals surface area contributed by atoms with Crippen molar-refractivity contribution in [2.45, 2.75) is 6.92 Å². The number of nitrogens with zero attached hydrogens (tertiary/aromatic N) is 1. The Morgan fingerprint density at radius 2 is 2.00 bits per heavy atom. The molecule has 0 saturated heterocycles. The van der Waals surface area contributed by atoms with Crippen LogP contribution in [0.5, 0.6) is 11.5 Å². The minimum atomic E-state index is -1.36.